The van der Waals surface area contributed by atoms with E-state index in [1.54, 1.807) is 14.2 Å². The zero-order valence-corrected chi connectivity index (χ0v) is 17.6. The molecule has 0 rings (SSSR count). The second-order valence-electron chi connectivity index (χ2n) is 7.44. The fourth-order valence-electron chi connectivity index (χ4n) is 3.15. The van der Waals surface area contributed by atoms with Crippen LogP contribution in [0.15, 0.2) is 0 Å². The van der Waals surface area contributed by atoms with E-state index in [9.17, 15) is 9.90 Å². The average molecular weight is 375 g/mol. The number of aliphatic hydroxyl groups is 1. The fourth-order valence-corrected chi connectivity index (χ4v) is 3.15. The van der Waals surface area contributed by atoms with E-state index in [4.69, 9.17) is 14.2 Å². The Morgan fingerprint density at radius 2 is 1.35 bits per heavy atom. The van der Waals surface area contributed by atoms with Gasteiger partial charge in [0.1, 0.15) is 0 Å². The van der Waals surface area contributed by atoms with Crippen molar-refractivity contribution in [2.24, 2.45) is 0 Å². The standard InChI is InChI=1S/C21H42O5/c1-5-26-19(22)16-14-12-10-8-6-7-9-11-13-15-17-21(2,23)18-20(24-3)25-4/h20,23H,5-18H2,1-4H3. The van der Waals surface area contributed by atoms with Gasteiger partial charge in [-0.15, -0.1) is 0 Å². The second-order valence-corrected chi connectivity index (χ2v) is 7.44. The minimum atomic E-state index is -0.722. The van der Waals surface area contributed by atoms with Crippen molar-refractivity contribution < 1.29 is 24.1 Å². The largest absolute Gasteiger partial charge is 0.466 e. The van der Waals surface area contributed by atoms with Crippen LogP contribution in [0.2, 0.25) is 0 Å². The molecular formula is C21H42O5. The van der Waals surface area contributed by atoms with Gasteiger partial charge in [-0.3, -0.25) is 4.79 Å². The van der Waals surface area contributed by atoms with Crippen LogP contribution in [-0.2, 0) is 19.0 Å². The molecule has 0 aliphatic rings. The van der Waals surface area contributed by atoms with Crippen LogP contribution in [-0.4, -0.2) is 43.8 Å². The Bertz CT molecular complexity index is 326. The van der Waals surface area contributed by atoms with Crippen molar-refractivity contribution in [2.45, 2.75) is 109 Å². The number of carbonyl (C=O) groups is 1. The highest BCUT2D eigenvalue weighted by Gasteiger charge is 2.24. The van der Waals surface area contributed by atoms with Crippen LogP contribution in [0.25, 0.3) is 0 Å². The average Bonchev–Trinajstić information content (AvgIpc) is 2.60. The molecule has 0 heterocycles. The highest BCUT2D eigenvalue weighted by molar-refractivity contribution is 5.69. The van der Waals surface area contributed by atoms with E-state index in [-0.39, 0.29) is 12.3 Å². The van der Waals surface area contributed by atoms with Crippen molar-refractivity contribution in [1.82, 2.24) is 0 Å². The van der Waals surface area contributed by atoms with Gasteiger partial charge >= 0.3 is 5.97 Å². The molecule has 0 saturated heterocycles. The van der Waals surface area contributed by atoms with Crippen LogP contribution in [0.4, 0.5) is 0 Å². The van der Waals surface area contributed by atoms with Crippen molar-refractivity contribution >= 4 is 5.97 Å². The van der Waals surface area contributed by atoms with Crippen LogP contribution < -0.4 is 0 Å². The van der Waals surface area contributed by atoms with Crippen LogP contribution in [0.1, 0.15) is 97.3 Å². The molecule has 26 heavy (non-hydrogen) atoms. The topological polar surface area (TPSA) is 65.0 Å². The molecule has 0 aromatic heterocycles. The monoisotopic (exact) mass is 374 g/mol. The number of hydrogen-bond donors (Lipinski definition) is 1. The summed E-state index contributed by atoms with van der Waals surface area (Å²) in [6.45, 7) is 4.19. The molecule has 1 unspecified atom stereocenters. The lowest BCUT2D eigenvalue weighted by Crippen LogP contribution is -2.31. The molecular weight excluding hydrogens is 332 g/mol. The molecule has 5 heteroatoms. The van der Waals surface area contributed by atoms with E-state index in [1.165, 1.54) is 44.9 Å². The number of ether oxygens (including phenoxy) is 3. The summed E-state index contributed by atoms with van der Waals surface area (Å²) in [4.78, 5) is 11.2. The molecule has 0 aromatic carbocycles. The third-order valence-corrected chi connectivity index (χ3v) is 4.78. The highest BCUT2D eigenvalue weighted by atomic mass is 16.7. The van der Waals surface area contributed by atoms with Crippen LogP contribution in [0, 0.1) is 0 Å². The molecule has 156 valence electrons. The smallest absolute Gasteiger partial charge is 0.305 e. The van der Waals surface area contributed by atoms with Crippen molar-refractivity contribution in [3.63, 3.8) is 0 Å². The van der Waals surface area contributed by atoms with Gasteiger partial charge in [0.2, 0.25) is 0 Å². The minimum absolute atomic E-state index is 0.0635. The van der Waals surface area contributed by atoms with E-state index in [0.29, 0.717) is 19.4 Å². The van der Waals surface area contributed by atoms with Gasteiger partial charge in [0.05, 0.1) is 12.2 Å². The SMILES string of the molecule is CCOC(=O)CCCCCCCCCCCCC(C)(O)CC(OC)OC. The first-order valence-corrected chi connectivity index (χ1v) is 10.4. The second kappa shape index (κ2) is 16.5. The number of carbonyl (C=O) groups excluding carboxylic acids is 1. The van der Waals surface area contributed by atoms with Gasteiger partial charge in [-0.25, -0.2) is 0 Å². The van der Waals surface area contributed by atoms with Crippen molar-refractivity contribution in [2.75, 3.05) is 20.8 Å². The first-order valence-electron chi connectivity index (χ1n) is 10.4. The number of unbranched alkanes of at least 4 members (excludes halogenated alkanes) is 9. The van der Waals surface area contributed by atoms with Gasteiger partial charge in [0.25, 0.3) is 0 Å². The molecule has 0 aliphatic heterocycles. The van der Waals surface area contributed by atoms with Crippen molar-refractivity contribution in [3.05, 3.63) is 0 Å². The summed E-state index contributed by atoms with van der Waals surface area (Å²) in [5.74, 6) is -0.0635. The number of esters is 1. The predicted octanol–water partition coefficient (Wildman–Crippen LogP) is 4.99. The summed E-state index contributed by atoms with van der Waals surface area (Å²) in [7, 11) is 3.20. The lowest BCUT2D eigenvalue weighted by molar-refractivity contribution is -0.143. The molecule has 1 atom stereocenters. The Labute approximate surface area is 160 Å². The predicted molar refractivity (Wildman–Crippen MR) is 105 cm³/mol. The maximum absolute atomic E-state index is 11.2. The van der Waals surface area contributed by atoms with Gasteiger partial charge < -0.3 is 19.3 Å². The molecule has 0 aromatic rings. The summed E-state index contributed by atoms with van der Waals surface area (Å²) in [6, 6.07) is 0. The van der Waals surface area contributed by atoms with Gasteiger partial charge in [0, 0.05) is 27.1 Å². The normalized spacial score (nSPS) is 13.8. The van der Waals surface area contributed by atoms with E-state index in [2.05, 4.69) is 0 Å². The Hall–Kier alpha value is -0.650. The molecule has 0 radical (unpaired) electrons. The molecule has 0 aliphatic carbocycles. The van der Waals surface area contributed by atoms with Crippen LogP contribution in [0.3, 0.4) is 0 Å². The summed E-state index contributed by atoms with van der Waals surface area (Å²) < 4.78 is 15.2. The lowest BCUT2D eigenvalue weighted by Gasteiger charge is -2.27. The molecule has 0 fully saturated rings. The maximum Gasteiger partial charge on any atom is 0.305 e. The van der Waals surface area contributed by atoms with Crippen LogP contribution in [0.5, 0.6) is 0 Å². The molecule has 0 bridgehead atoms. The van der Waals surface area contributed by atoms with Gasteiger partial charge in [-0.1, -0.05) is 57.8 Å². The third kappa shape index (κ3) is 15.6. The first kappa shape index (κ1) is 25.4. The lowest BCUT2D eigenvalue weighted by atomic mass is 9.94. The Kier molecular flexibility index (Phi) is 16.1. The van der Waals surface area contributed by atoms with E-state index in [1.807, 2.05) is 13.8 Å². The molecule has 5 nitrogen and oxygen atoms in total. The zero-order chi connectivity index (χ0) is 19.7. The Morgan fingerprint density at radius 1 is 0.885 bits per heavy atom. The highest BCUT2D eigenvalue weighted by Crippen LogP contribution is 2.22. The summed E-state index contributed by atoms with van der Waals surface area (Å²) >= 11 is 0. The third-order valence-electron chi connectivity index (χ3n) is 4.78. The fraction of sp³-hybridized carbons (Fsp3) is 0.952. The number of hydrogen-bond acceptors (Lipinski definition) is 5. The van der Waals surface area contributed by atoms with E-state index >= 15 is 0 Å². The van der Waals surface area contributed by atoms with Crippen molar-refractivity contribution in [3.8, 4) is 0 Å². The van der Waals surface area contributed by atoms with Crippen molar-refractivity contribution in [1.29, 1.82) is 0 Å². The zero-order valence-electron chi connectivity index (χ0n) is 17.6. The number of methoxy groups -OCH3 is 2. The summed E-state index contributed by atoms with van der Waals surface area (Å²) in [5.41, 5.74) is -0.722. The van der Waals surface area contributed by atoms with Gasteiger partial charge in [-0.2, -0.15) is 0 Å². The van der Waals surface area contributed by atoms with Gasteiger partial charge in [0.15, 0.2) is 6.29 Å². The Balaban J connectivity index is 3.39. The first-order chi connectivity index (χ1) is 12.4. The minimum Gasteiger partial charge on any atom is -0.466 e. The maximum atomic E-state index is 11.2. The quantitative estimate of drug-likeness (QED) is 0.208. The summed E-state index contributed by atoms with van der Waals surface area (Å²) in [6.07, 6.45) is 13.3. The molecule has 0 amide bonds. The number of rotatable bonds is 18. The molecule has 1 N–H and O–H groups in total. The van der Waals surface area contributed by atoms with E-state index < -0.39 is 5.60 Å². The molecule has 0 spiro atoms. The molecule has 0 saturated carbocycles. The summed E-state index contributed by atoms with van der Waals surface area (Å²) in [5, 5.41) is 10.4. The van der Waals surface area contributed by atoms with E-state index in [0.717, 1.165) is 25.7 Å². The van der Waals surface area contributed by atoms with Crippen LogP contribution >= 0.6 is 0 Å². The van der Waals surface area contributed by atoms with Gasteiger partial charge in [-0.05, 0) is 26.7 Å². The Morgan fingerprint density at radius 3 is 1.81 bits per heavy atom.